The summed E-state index contributed by atoms with van der Waals surface area (Å²) in [5, 5.41) is 0. The number of carbonyl (C=O) groups excluding carboxylic acids is 1. The maximum Gasteiger partial charge on any atom is 0.307 e. The molecule has 1 fully saturated rings. The summed E-state index contributed by atoms with van der Waals surface area (Å²) in [7, 11) is -2.09. The lowest BCUT2D eigenvalue weighted by Gasteiger charge is -2.34. The highest BCUT2D eigenvalue weighted by Crippen LogP contribution is 2.25. The van der Waals surface area contributed by atoms with E-state index in [2.05, 4.69) is 4.74 Å². The molecule has 1 aliphatic rings. The molecule has 0 bridgehead atoms. The fourth-order valence-corrected chi connectivity index (χ4v) is 4.51. The van der Waals surface area contributed by atoms with Crippen molar-refractivity contribution in [1.29, 1.82) is 0 Å². The van der Waals surface area contributed by atoms with Gasteiger partial charge in [0, 0.05) is 12.6 Å². The van der Waals surface area contributed by atoms with Crippen molar-refractivity contribution in [1.82, 2.24) is 4.31 Å². The molecule has 1 aromatic rings. The average Bonchev–Trinajstić information content (AvgIpc) is 2.48. The average molecular weight is 311 g/mol. The highest BCUT2D eigenvalue weighted by molar-refractivity contribution is 7.88. The second-order valence-electron chi connectivity index (χ2n) is 5.28. The van der Waals surface area contributed by atoms with Gasteiger partial charge in [-0.05, 0) is 18.4 Å². The number of nitrogens with zero attached hydrogens (tertiary/aromatic N) is 1. The third kappa shape index (κ3) is 4.28. The molecule has 6 heteroatoms. The maximum absolute atomic E-state index is 12.6. The van der Waals surface area contributed by atoms with Crippen LogP contribution in [0.1, 0.15) is 31.2 Å². The van der Waals surface area contributed by atoms with Gasteiger partial charge in [0.25, 0.3) is 0 Å². The molecule has 1 aromatic carbocycles. The van der Waals surface area contributed by atoms with E-state index < -0.39 is 10.0 Å². The Kier molecular flexibility index (Phi) is 5.36. The van der Waals surface area contributed by atoms with Crippen LogP contribution in [0.5, 0.6) is 0 Å². The van der Waals surface area contributed by atoms with Gasteiger partial charge in [-0.15, -0.1) is 0 Å². The number of carbonyl (C=O) groups is 1. The van der Waals surface area contributed by atoms with Gasteiger partial charge in [-0.1, -0.05) is 36.8 Å². The summed E-state index contributed by atoms with van der Waals surface area (Å²) in [6, 6.07) is 8.84. The van der Waals surface area contributed by atoms with Crippen LogP contribution in [-0.2, 0) is 25.3 Å². The van der Waals surface area contributed by atoms with E-state index in [4.69, 9.17) is 0 Å². The number of piperidine rings is 1. The second kappa shape index (κ2) is 7.04. The Balaban J connectivity index is 2.13. The molecule has 0 aromatic heterocycles. The Labute approximate surface area is 126 Å². The van der Waals surface area contributed by atoms with Crippen LogP contribution in [-0.4, -0.2) is 38.4 Å². The summed E-state index contributed by atoms with van der Waals surface area (Å²) < 4.78 is 31.4. The van der Waals surface area contributed by atoms with Crippen molar-refractivity contribution in [3.63, 3.8) is 0 Å². The minimum absolute atomic E-state index is 0.0223. The number of ether oxygens (including phenoxy) is 1. The van der Waals surface area contributed by atoms with Crippen LogP contribution in [0.25, 0.3) is 0 Å². The normalized spacial score (nSPS) is 20.1. The van der Waals surface area contributed by atoms with E-state index in [1.54, 1.807) is 12.1 Å². The lowest BCUT2D eigenvalue weighted by atomic mass is 10.0. The van der Waals surface area contributed by atoms with E-state index in [1.165, 1.54) is 11.4 Å². The Hall–Kier alpha value is -1.40. The monoisotopic (exact) mass is 311 g/mol. The number of esters is 1. The summed E-state index contributed by atoms with van der Waals surface area (Å²) in [5.41, 5.74) is 0.764. The predicted molar refractivity (Wildman–Crippen MR) is 80.0 cm³/mol. The molecule has 2 rings (SSSR count). The summed E-state index contributed by atoms with van der Waals surface area (Å²) in [6.07, 6.45) is 2.62. The van der Waals surface area contributed by atoms with Gasteiger partial charge in [-0.25, -0.2) is 8.42 Å². The number of benzene rings is 1. The summed E-state index contributed by atoms with van der Waals surface area (Å²) in [4.78, 5) is 11.5. The van der Waals surface area contributed by atoms with Gasteiger partial charge in [0.1, 0.15) is 0 Å². The van der Waals surface area contributed by atoms with Gasteiger partial charge in [0.15, 0.2) is 0 Å². The Bertz CT molecular complexity index is 571. The minimum Gasteiger partial charge on any atom is -0.469 e. The van der Waals surface area contributed by atoms with Gasteiger partial charge < -0.3 is 4.74 Å². The zero-order chi connectivity index (χ0) is 15.3. The molecule has 0 N–H and O–H groups in total. The molecule has 0 saturated carbocycles. The highest BCUT2D eigenvalue weighted by Gasteiger charge is 2.33. The van der Waals surface area contributed by atoms with Crippen molar-refractivity contribution >= 4 is 16.0 Å². The minimum atomic E-state index is -3.41. The number of sulfonamides is 1. The van der Waals surface area contributed by atoms with E-state index in [1.807, 2.05) is 18.2 Å². The van der Waals surface area contributed by atoms with Crippen molar-refractivity contribution in [2.45, 2.75) is 37.5 Å². The van der Waals surface area contributed by atoms with E-state index in [0.717, 1.165) is 18.4 Å². The zero-order valence-corrected chi connectivity index (χ0v) is 13.0. The molecule has 1 heterocycles. The molecule has 0 spiro atoms. The first-order chi connectivity index (χ1) is 10.0. The zero-order valence-electron chi connectivity index (χ0n) is 12.2. The van der Waals surface area contributed by atoms with Crippen LogP contribution in [0.4, 0.5) is 0 Å². The van der Waals surface area contributed by atoms with Crippen molar-refractivity contribution in [3.05, 3.63) is 35.9 Å². The molecule has 0 amide bonds. The van der Waals surface area contributed by atoms with Crippen LogP contribution in [0.3, 0.4) is 0 Å². The van der Waals surface area contributed by atoms with Crippen molar-refractivity contribution in [3.8, 4) is 0 Å². The summed E-state index contributed by atoms with van der Waals surface area (Å²) in [6.45, 7) is 0.483. The maximum atomic E-state index is 12.6. The van der Waals surface area contributed by atoms with E-state index >= 15 is 0 Å². The Morgan fingerprint density at radius 2 is 2.00 bits per heavy atom. The van der Waals surface area contributed by atoms with Gasteiger partial charge in [-0.2, -0.15) is 4.31 Å². The second-order valence-corrected chi connectivity index (χ2v) is 7.20. The number of rotatable bonds is 5. The molecular formula is C15H21NO4S. The first-order valence-corrected chi connectivity index (χ1v) is 8.74. The molecule has 0 aliphatic carbocycles. The van der Waals surface area contributed by atoms with Crippen LogP contribution in [0.15, 0.2) is 30.3 Å². The smallest absolute Gasteiger partial charge is 0.307 e. The lowest BCUT2D eigenvalue weighted by molar-refractivity contribution is -0.141. The molecule has 0 radical (unpaired) electrons. The Morgan fingerprint density at radius 1 is 1.29 bits per heavy atom. The van der Waals surface area contributed by atoms with Gasteiger partial charge in [0.05, 0.1) is 19.3 Å². The van der Waals surface area contributed by atoms with Gasteiger partial charge >= 0.3 is 5.97 Å². The number of hydrogen-bond acceptors (Lipinski definition) is 4. The molecule has 5 nitrogen and oxygen atoms in total. The third-order valence-electron chi connectivity index (χ3n) is 3.75. The predicted octanol–water partition coefficient (Wildman–Crippen LogP) is 1.93. The topological polar surface area (TPSA) is 63.7 Å². The van der Waals surface area contributed by atoms with Gasteiger partial charge in [-0.3, -0.25) is 4.79 Å². The SMILES string of the molecule is COC(=O)CC1CCCCN1S(=O)(=O)Cc1ccccc1. The van der Waals surface area contributed by atoms with Crippen LogP contribution in [0, 0.1) is 0 Å². The van der Waals surface area contributed by atoms with Gasteiger partial charge in [0.2, 0.25) is 10.0 Å². The quantitative estimate of drug-likeness (QED) is 0.780. The number of hydrogen-bond donors (Lipinski definition) is 0. The first-order valence-electron chi connectivity index (χ1n) is 7.13. The fraction of sp³-hybridized carbons (Fsp3) is 0.533. The Morgan fingerprint density at radius 3 is 2.67 bits per heavy atom. The molecule has 1 aliphatic heterocycles. The van der Waals surface area contributed by atoms with E-state index in [9.17, 15) is 13.2 Å². The molecule has 1 atom stereocenters. The van der Waals surface area contributed by atoms with Crippen molar-refractivity contribution < 1.29 is 17.9 Å². The van der Waals surface area contributed by atoms with Crippen molar-refractivity contribution in [2.75, 3.05) is 13.7 Å². The highest BCUT2D eigenvalue weighted by atomic mass is 32.2. The molecular weight excluding hydrogens is 290 g/mol. The van der Waals surface area contributed by atoms with Crippen LogP contribution < -0.4 is 0 Å². The fourth-order valence-electron chi connectivity index (χ4n) is 2.69. The lowest BCUT2D eigenvalue weighted by Crippen LogP contribution is -2.45. The standard InChI is InChI=1S/C15H21NO4S/c1-20-15(17)11-14-9-5-6-10-16(14)21(18,19)12-13-7-3-2-4-8-13/h2-4,7-8,14H,5-6,9-12H2,1H3. The molecule has 116 valence electrons. The van der Waals surface area contributed by atoms with Crippen LogP contribution >= 0.6 is 0 Å². The van der Waals surface area contributed by atoms with E-state index in [0.29, 0.717) is 13.0 Å². The van der Waals surface area contributed by atoms with Crippen LogP contribution in [0.2, 0.25) is 0 Å². The summed E-state index contributed by atoms with van der Waals surface area (Å²) in [5.74, 6) is -0.382. The largest absolute Gasteiger partial charge is 0.469 e. The summed E-state index contributed by atoms with van der Waals surface area (Å²) >= 11 is 0. The molecule has 1 unspecified atom stereocenters. The number of methoxy groups -OCH3 is 1. The van der Waals surface area contributed by atoms with Crippen molar-refractivity contribution in [2.24, 2.45) is 0 Å². The molecule has 1 saturated heterocycles. The first kappa shape index (κ1) is 16.0. The third-order valence-corrected chi connectivity index (χ3v) is 5.65. The molecule has 21 heavy (non-hydrogen) atoms. The van der Waals surface area contributed by atoms with E-state index in [-0.39, 0.29) is 24.2 Å².